The van der Waals surface area contributed by atoms with Crippen LogP contribution in [0, 0.1) is 30.1 Å². The second kappa shape index (κ2) is 16.6. The maximum absolute atomic E-state index is 14.0. The van der Waals surface area contributed by atoms with Gasteiger partial charge >= 0.3 is 0 Å². The fraction of sp³-hybridized carbons (Fsp3) is 0.676. The highest BCUT2D eigenvalue weighted by atomic mass is 16.3. The second-order valence-corrected chi connectivity index (χ2v) is 14.0. The number of rotatable bonds is 15. The van der Waals surface area contributed by atoms with Crippen LogP contribution in [0.5, 0.6) is 0 Å². The van der Waals surface area contributed by atoms with E-state index in [0.717, 1.165) is 63.4 Å². The van der Waals surface area contributed by atoms with Crippen molar-refractivity contribution in [2.75, 3.05) is 6.54 Å². The van der Waals surface area contributed by atoms with Crippen LogP contribution in [0.25, 0.3) is 0 Å². The molecule has 4 N–H and O–H groups in total. The summed E-state index contributed by atoms with van der Waals surface area (Å²) in [5, 5.41) is 28.0. The van der Waals surface area contributed by atoms with E-state index in [9.17, 15) is 24.6 Å². The molecule has 1 aromatic rings. The van der Waals surface area contributed by atoms with Crippen LogP contribution >= 0.6 is 0 Å². The Bertz CT molecular complexity index is 1220. The van der Waals surface area contributed by atoms with E-state index in [1.54, 1.807) is 0 Å². The molecule has 4 aliphatic rings. The number of aliphatic imine (C=N–C) groups is 1. The zero-order valence-corrected chi connectivity index (χ0v) is 27.1. The Morgan fingerprint density at radius 2 is 1.70 bits per heavy atom. The van der Waals surface area contributed by atoms with Crippen molar-refractivity contribution in [2.45, 2.75) is 133 Å². The standard InChI is InChI=1S/C37H52N4O5/c1-2-3-14-31(37(46)40-32(22-26-12-8-5-9-13-26)35(44)34(43)27-15-16-27)39-36(45)28(21-25-10-6-4-7-11-25)23-33(42)41-29-17-18-30(41)24-38-20-19-29/h1,4,6-7,10-11,20,26-32,34-35,43-44H,3,5,8-9,12-19,21-24H2,(H,39,45)(H,40,46)/t28-,29?,30?,31+,32+,34+,35-/m1/s1. The molecule has 1 aromatic carbocycles. The van der Waals surface area contributed by atoms with Crippen LogP contribution in [0.1, 0.15) is 95.5 Å². The van der Waals surface area contributed by atoms with Gasteiger partial charge in [0.1, 0.15) is 12.1 Å². The Hall–Kier alpha value is -3.22. The minimum atomic E-state index is -1.08. The van der Waals surface area contributed by atoms with Gasteiger partial charge in [-0.15, -0.1) is 12.3 Å². The molecule has 0 aromatic heterocycles. The van der Waals surface area contributed by atoms with Crippen molar-refractivity contribution in [1.82, 2.24) is 15.5 Å². The maximum atomic E-state index is 14.0. The first-order chi connectivity index (χ1) is 22.3. The zero-order chi connectivity index (χ0) is 32.5. The van der Waals surface area contributed by atoms with Gasteiger partial charge in [-0.25, -0.2) is 0 Å². The molecule has 0 radical (unpaired) electrons. The molecule has 2 heterocycles. The SMILES string of the molecule is C#CCC[C@H](NC(=O)[C@@H](CC(=O)N1C2CC=NCC1CC2)Cc1ccccc1)C(=O)N[C@@H](CC1CCCCC1)[C@@H](O)[C@@H](O)C1CC1. The predicted octanol–water partition coefficient (Wildman–Crippen LogP) is 3.55. The summed E-state index contributed by atoms with van der Waals surface area (Å²) in [5.74, 6) is 1.48. The molecule has 250 valence electrons. The topological polar surface area (TPSA) is 131 Å². The molecule has 1 saturated heterocycles. The van der Waals surface area contributed by atoms with Crippen LogP contribution in [-0.2, 0) is 20.8 Å². The van der Waals surface area contributed by atoms with Crippen LogP contribution in [0.3, 0.4) is 0 Å². The third-order valence-electron chi connectivity index (χ3n) is 10.6. The maximum Gasteiger partial charge on any atom is 0.242 e. The van der Waals surface area contributed by atoms with Gasteiger partial charge in [-0.1, -0.05) is 62.4 Å². The largest absolute Gasteiger partial charge is 0.390 e. The van der Waals surface area contributed by atoms with Crippen molar-refractivity contribution in [1.29, 1.82) is 0 Å². The second-order valence-electron chi connectivity index (χ2n) is 14.0. The Morgan fingerprint density at radius 3 is 2.41 bits per heavy atom. The third kappa shape index (κ3) is 9.19. The first-order valence-electron chi connectivity index (χ1n) is 17.6. The molecule has 5 rings (SSSR count). The summed E-state index contributed by atoms with van der Waals surface area (Å²) in [6.07, 6.45) is 16.9. The molecule has 2 unspecified atom stereocenters. The van der Waals surface area contributed by atoms with Gasteiger partial charge in [0.2, 0.25) is 17.7 Å². The number of terminal acetylenes is 1. The summed E-state index contributed by atoms with van der Waals surface area (Å²) >= 11 is 0. The monoisotopic (exact) mass is 632 g/mol. The molecule has 9 heteroatoms. The molecule has 2 aliphatic carbocycles. The molecule has 2 aliphatic heterocycles. The van der Waals surface area contributed by atoms with Gasteiger partial charge in [-0.3, -0.25) is 19.4 Å². The summed E-state index contributed by atoms with van der Waals surface area (Å²) < 4.78 is 0. The number of carbonyl (C=O) groups excluding carboxylic acids is 3. The van der Waals surface area contributed by atoms with Crippen LogP contribution in [0.4, 0.5) is 0 Å². The van der Waals surface area contributed by atoms with Crippen molar-refractivity contribution in [3.8, 4) is 12.3 Å². The third-order valence-corrected chi connectivity index (χ3v) is 10.6. The zero-order valence-electron chi connectivity index (χ0n) is 27.1. The van der Waals surface area contributed by atoms with Crippen molar-refractivity contribution < 1.29 is 24.6 Å². The highest BCUT2D eigenvalue weighted by Gasteiger charge is 2.41. The quantitative estimate of drug-likeness (QED) is 0.220. The van der Waals surface area contributed by atoms with E-state index in [1.165, 1.54) is 6.42 Å². The van der Waals surface area contributed by atoms with Crippen LogP contribution in [-0.4, -0.2) is 82.0 Å². The van der Waals surface area contributed by atoms with Crippen LogP contribution in [0.15, 0.2) is 35.3 Å². The van der Waals surface area contributed by atoms with Gasteiger partial charge in [0.15, 0.2) is 0 Å². The minimum Gasteiger partial charge on any atom is -0.390 e. The number of aliphatic hydroxyl groups is 2. The number of fused-ring (bicyclic) bond motifs is 2. The number of carbonyl (C=O) groups is 3. The van der Waals surface area contributed by atoms with E-state index in [2.05, 4.69) is 21.5 Å². The molecule has 2 bridgehead atoms. The van der Waals surface area contributed by atoms with Crippen LogP contribution in [0.2, 0.25) is 0 Å². The number of nitrogens with zero attached hydrogens (tertiary/aromatic N) is 2. The van der Waals surface area contributed by atoms with E-state index < -0.39 is 36.1 Å². The Labute approximate surface area is 274 Å². The fourth-order valence-corrected chi connectivity index (χ4v) is 7.73. The molecule has 2 saturated carbocycles. The lowest BCUT2D eigenvalue weighted by molar-refractivity contribution is -0.139. The number of amides is 3. The summed E-state index contributed by atoms with van der Waals surface area (Å²) in [5.41, 5.74) is 0.937. The summed E-state index contributed by atoms with van der Waals surface area (Å²) in [6.45, 7) is 0.593. The van der Waals surface area contributed by atoms with Crippen molar-refractivity contribution in [2.24, 2.45) is 22.7 Å². The van der Waals surface area contributed by atoms with Gasteiger partial charge in [-0.2, -0.15) is 0 Å². The van der Waals surface area contributed by atoms with Crippen molar-refractivity contribution in [3.63, 3.8) is 0 Å². The summed E-state index contributed by atoms with van der Waals surface area (Å²) in [4.78, 5) is 48.0. The highest BCUT2D eigenvalue weighted by Crippen LogP contribution is 2.36. The normalized spacial score (nSPS) is 24.6. The molecule has 0 spiro atoms. The van der Waals surface area contributed by atoms with Gasteiger partial charge in [0.05, 0.1) is 30.7 Å². The first kappa shape index (κ1) is 34.1. The molecule has 7 atom stereocenters. The number of benzene rings is 1. The van der Waals surface area contributed by atoms with Gasteiger partial charge in [0.25, 0.3) is 0 Å². The average Bonchev–Trinajstić information content (AvgIpc) is 3.86. The Morgan fingerprint density at radius 1 is 0.957 bits per heavy atom. The van der Waals surface area contributed by atoms with E-state index in [-0.39, 0.29) is 49.1 Å². The number of aliphatic hydroxyl groups excluding tert-OH is 2. The smallest absolute Gasteiger partial charge is 0.242 e. The number of nitrogens with one attached hydrogen (secondary N) is 2. The van der Waals surface area contributed by atoms with E-state index in [1.807, 2.05) is 41.4 Å². The predicted molar refractivity (Wildman–Crippen MR) is 178 cm³/mol. The molecular formula is C37H52N4O5. The van der Waals surface area contributed by atoms with Crippen molar-refractivity contribution >= 4 is 23.9 Å². The first-order valence-corrected chi connectivity index (χ1v) is 17.6. The molecule has 9 nitrogen and oxygen atoms in total. The molecule has 3 amide bonds. The lowest BCUT2D eigenvalue weighted by Crippen LogP contribution is -2.56. The summed E-state index contributed by atoms with van der Waals surface area (Å²) in [6, 6.07) is 8.24. The molecule has 46 heavy (non-hydrogen) atoms. The van der Waals surface area contributed by atoms with Gasteiger partial charge < -0.3 is 25.7 Å². The number of hydrogen-bond donors (Lipinski definition) is 4. The van der Waals surface area contributed by atoms with E-state index in [4.69, 9.17) is 6.42 Å². The van der Waals surface area contributed by atoms with Gasteiger partial charge in [-0.05, 0) is 62.3 Å². The highest BCUT2D eigenvalue weighted by molar-refractivity contribution is 5.91. The minimum absolute atomic E-state index is 0.0355. The van der Waals surface area contributed by atoms with E-state index in [0.29, 0.717) is 25.3 Å². The molecule has 3 fully saturated rings. The lowest BCUT2D eigenvalue weighted by atomic mass is 9.82. The molecular weight excluding hydrogens is 580 g/mol. The average molecular weight is 633 g/mol. The lowest BCUT2D eigenvalue weighted by Gasteiger charge is -2.33. The van der Waals surface area contributed by atoms with Crippen LogP contribution < -0.4 is 10.6 Å². The summed E-state index contributed by atoms with van der Waals surface area (Å²) in [7, 11) is 0. The van der Waals surface area contributed by atoms with Gasteiger partial charge in [0, 0.05) is 31.5 Å². The Kier molecular flexibility index (Phi) is 12.3. The fourth-order valence-electron chi connectivity index (χ4n) is 7.73. The number of hydrogen-bond acceptors (Lipinski definition) is 6. The van der Waals surface area contributed by atoms with Crippen molar-refractivity contribution in [3.05, 3.63) is 35.9 Å². The van der Waals surface area contributed by atoms with E-state index >= 15 is 0 Å². The Balaban J connectivity index is 1.30.